The van der Waals surface area contributed by atoms with Gasteiger partial charge in [-0.25, -0.2) is 4.98 Å². The Kier molecular flexibility index (Phi) is 5.60. The van der Waals surface area contributed by atoms with Gasteiger partial charge in [-0.2, -0.15) is 26.3 Å². The summed E-state index contributed by atoms with van der Waals surface area (Å²) in [4.78, 5) is 15.5. The van der Waals surface area contributed by atoms with E-state index in [0.29, 0.717) is 12.1 Å². The van der Waals surface area contributed by atoms with E-state index in [1.165, 1.54) is 18.3 Å². The van der Waals surface area contributed by atoms with Gasteiger partial charge in [-0.3, -0.25) is 4.79 Å². The topological polar surface area (TPSA) is 42.0 Å². The number of nitrogens with zero attached hydrogens (tertiary/aromatic N) is 1. The van der Waals surface area contributed by atoms with Gasteiger partial charge in [0, 0.05) is 12.3 Å². The Hall–Kier alpha value is -2.55. The van der Waals surface area contributed by atoms with Crippen molar-refractivity contribution in [1.29, 1.82) is 0 Å². The summed E-state index contributed by atoms with van der Waals surface area (Å²) in [5.74, 6) is -0.800. The summed E-state index contributed by atoms with van der Waals surface area (Å²) < 4.78 is 76.6. The van der Waals surface area contributed by atoms with Gasteiger partial charge in [-0.15, -0.1) is 0 Å². The number of benzene rings is 1. The molecule has 138 valence electrons. The molecule has 10 heteroatoms. The van der Waals surface area contributed by atoms with Gasteiger partial charge in [0.05, 0.1) is 16.8 Å². The molecule has 3 nitrogen and oxygen atoms in total. The second-order valence-corrected chi connectivity index (χ2v) is 5.36. The van der Waals surface area contributed by atoms with Crippen molar-refractivity contribution in [3.8, 4) is 0 Å². The lowest BCUT2D eigenvalue weighted by molar-refractivity contribution is -0.143. The molecule has 0 atom stereocenters. The van der Waals surface area contributed by atoms with Crippen LogP contribution in [0.15, 0.2) is 42.6 Å². The first kappa shape index (κ1) is 19.8. The molecule has 1 N–H and O–H groups in total. The fraction of sp³-hybridized carbons (Fsp3) is 0.125. The zero-order valence-electron chi connectivity index (χ0n) is 12.6. The molecule has 0 unspecified atom stereocenters. The van der Waals surface area contributed by atoms with Crippen LogP contribution >= 0.6 is 11.6 Å². The molecule has 0 bridgehead atoms. The van der Waals surface area contributed by atoms with Crippen LogP contribution in [-0.2, 0) is 17.1 Å². The van der Waals surface area contributed by atoms with E-state index in [2.05, 4.69) is 10.3 Å². The number of aromatic nitrogens is 1. The first-order chi connectivity index (χ1) is 12.0. The Morgan fingerprint density at radius 3 is 2.12 bits per heavy atom. The Labute approximate surface area is 148 Å². The molecule has 0 aliphatic carbocycles. The average Bonchev–Trinajstić information content (AvgIpc) is 2.53. The molecule has 2 rings (SSSR count). The van der Waals surface area contributed by atoms with Crippen LogP contribution in [-0.4, -0.2) is 10.9 Å². The SMILES string of the molecule is O=C(C=Cc1cc(C(F)(F)F)cc(C(F)(F)F)c1)Nc1cccnc1Cl. The van der Waals surface area contributed by atoms with Crippen molar-refractivity contribution in [3.63, 3.8) is 0 Å². The molecular formula is C16H9ClF6N2O. The summed E-state index contributed by atoms with van der Waals surface area (Å²) in [7, 11) is 0. The van der Waals surface area contributed by atoms with E-state index in [0.717, 1.165) is 12.2 Å². The molecule has 0 aliphatic heterocycles. The monoisotopic (exact) mass is 394 g/mol. The van der Waals surface area contributed by atoms with Crippen molar-refractivity contribution in [1.82, 2.24) is 4.98 Å². The molecule has 0 aliphatic rings. The van der Waals surface area contributed by atoms with Gasteiger partial charge < -0.3 is 5.32 Å². The highest BCUT2D eigenvalue weighted by Crippen LogP contribution is 2.36. The summed E-state index contributed by atoms with van der Waals surface area (Å²) in [6.45, 7) is 0. The molecule has 0 radical (unpaired) electrons. The molecule has 1 aromatic carbocycles. The third-order valence-corrected chi connectivity index (χ3v) is 3.36. The van der Waals surface area contributed by atoms with E-state index < -0.39 is 35.0 Å². The van der Waals surface area contributed by atoms with Gasteiger partial charge in [0.1, 0.15) is 0 Å². The van der Waals surface area contributed by atoms with Crippen molar-refractivity contribution >= 4 is 29.3 Å². The zero-order chi connectivity index (χ0) is 19.5. The number of anilines is 1. The van der Waals surface area contributed by atoms with Crippen LogP contribution in [0.5, 0.6) is 0 Å². The van der Waals surface area contributed by atoms with Crippen LogP contribution in [0.1, 0.15) is 16.7 Å². The predicted molar refractivity (Wildman–Crippen MR) is 83.4 cm³/mol. The lowest BCUT2D eigenvalue weighted by atomic mass is 10.0. The minimum absolute atomic E-state index is 0.00677. The molecule has 0 spiro atoms. The van der Waals surface area contributed by atoms with Crippen molar-refractivity contribution in [2.24, 2.45) is 0 Å². The maximum Gasteiger partial charge on any atom is 0.416 e. The molecule has 2 aromatic rings. The lowest BCUT2D eigenvalue weighted by Gasteiger charge is -2.12. The van der Waals surface area contributed by atoms with Crippen molar-refractivity contribution < 1.29 is 31.1 Å². The number of carbonyl (C=O) groups is 1. The quantitative estimate of drug-likeness (QED) is 0.429. The van der Waals surface area contributed by atoms with Gasteiger partial charge in [0.2, 0.25) is 5.91 Å². The lowest BCUT2D eigenvalue weighted by Crippen LogP contribution is -2.11. The molecule has 1 aromatic heterocycles. The van der Waals surface area contributed by atoms with E-state index in [4.69, 9.17) is 11.6 Å². The first-order valence-corrected chi connectivity index (χ1v) is 7.23. The van der Waals surface area contributed by atoms with E-state index in [1.54, 1.807) is 0 Å². The number of hydrogen-bond donors (Lipinski definition) is 1. The summed E-state index contributed by atoms with van der Waals surface area (Å²) in [6, 6.07) is 3.93. The number of amides is 1. The summed E-state index contributed by atoms with van der Waals surface area (Å²) in [6.07, 6.45) is -6.93. The van der Waals surface area contributed by atoms with Crippen LogP contribution in [0.3, 0.4) is 0 Å². The Bertz CT molecular complexity index is 813. The zero-order valence-corrected chi connectivity index (χ0v) is 13.4. The van der Waals surface area contributed by atoms with Crippen molar-refractivity contribution in [3.05, 3.63) is 64.4 Å². The molecule has 0 fully saturated rings. The molecule has 0 saturated heterocycles. The first-order valence-electron chi connectivity index (χ1n) is 6.86. The fourth-order valence-electron chi connectivity index (χ4n) is 1.90. The van der Waals surface area contributed by atoms with E-state index in [-0.39, 0.29) is 16.9 Å². The largest absolute Gasteiger partial charge is 0.416 e. The number of hydrogen-bond acceptors (Lipinski definition) is 2. The fourth-order valence-corrected chi connectivity index (χ4v) is 2.07. The molecule has 1 amide bonds. The van der Waals surface area contributed by atoms with Crippen LogP contribution in [0.2, 0.25) is 5.15 Å². The van der Waals surface area contributed by atoms with Gasteiger partial charge in [0.15, 0.2) is 5.15 Å². The van der Waals surface area contributed by atoms with Gasteiger partial charge in [-0.05, 0) is 42.0 Å². The smallest absolute Gasteiger partial charge is 0.320 e. The average molecular weight is 395 g/mol. The number of halogens is 7. The highest BCUT2D eigenvalue weighted by atomic mass is 35.5. The minimum atomic E-state index is -4.96. The summed E-state index contributed by atoms with van der Waals surface area (Å²) in [5.41, 5.74) is -3.23. The van der Waals surface area contributed by atoms with Crippen LogP contribution in [0, 0.1) is 0 Å². The second-order valence-electron chi connectivity index (χ2n) is 5.00. The van der Waals surface area contributed by atoms with E-state index in [9.17, 15) is 31.1 Å². The Morgan fingerprint density at radius 2 is 1.62 bits per heavy atom. The number of carbonyl (C=O) groups excluding carboxylic acids is 1. The maximum absolute atomic E-state index is 12.8. The Balaban J connectivity index is 2.29. The third kappa shape index (κ3) is 5.22. The van der Waals surface area contributed by atoms with Gasteiger partial charge in [-0.1, -0.05) is 11.6 Å². The molecular weight excluding hydrogens is 386 g/mol. The maximum atomic E-state index is 12.8. The highest BCUT2D eigenvalue weighted by Gasteiger charge is 2.36. The number of alkyl halides is 6. The van der Waals surface area contributed by atoms with E-state index >= 15 is 0 Å². The predicted octanol–water partition coefficient (Wildman–Crippen LogP) is 5.42. The number of pyridine rings is 1. The Morgan fingerprint density at radius 1 is 1.04 bits per heavy atom. The highest BCUT2D eigenvalue weighted by molar-refractivity contribution is 6.32. The van der Waals surface area contributed by atoms with Crippen LogP contribution < -0.4 is 5.32 Å². The third-order valence-electron chi connectivity index (χ3n) is 3.05. The van der Waals surface area contributed by atoms with Crippen LogP contribution in [0.4, 0.5) is 32.0 Å². The number of nitrogens with one attached hydrogen (secondary N) is 1. The summed E-state index contributed by atoms with van der Waals surface area (Å²) in [5, 5.41) is 2.28. The number of rotatable bonds is 3. The standard InChI is InChI=1S/C16H9ClF6N2O/c17-14-12(2-1-5-24-14)25-13(26)4-3-9-6-10(15(18,19)20)8-11(7-9)16(21,22)23/h1-8H,(H,25,26). The van der Waals surface area contributed by atoms with Gasteiger partial charge >= 0.3 is 12.4 Å². The van der Waals surface area contributed by atoms with Crippen molar-refractivity contribution in [2.75, 3.05) is 5.32 Å². The second kappa shape index (κ2) is 7.36. The van der Waals surface area contributed by atoms with Crippen molar-refractivity contribution in [2.45, 2.75) is 12.4 Å². The molecule has 1 heterocycles. The molecule has 26 heavy (non-hydrogen) atoms. The molecule has 0 saturated carbocycles. The van der Waals surface area contributed by atoms with Crippen LogP contribution in [0.25, 0.3) is 6.08 Å². The normalized spacial score (nSPS) is 12.4. The van der Waals surface area contributed by atoms with Gasteiger partial charge in [0.25, 0.3) is 0 Å². The minimum Gasteiger partial charge on any atom is -0.320 e. The van der Waals surface area contributed by atoms with E-state index in [1.807, 2.05) is 0 Å². The summed E-state index contributed by atoms with van der Waals surface area (Å²) >= 11 is 5.73.